The lowest BCUT2D eigenvalue weighted by Gasteiger charge is -2.24. The lowest BCUT2D eigenvalue weighted by molar-refractivity contribution is 0.275. The maximum Gasteiger partial charge on any atom is 0.203 e. The van der Waals surface area contributed by atoms with Crippen LogP contribution in [0.1, 0.15) is 33.4 Å². The molecule has 26 heteroatoms. The van der Waals surface area contributed by atoms with Gasteiger partial charge in [0, 0.05) is 44.0 Å². The third-order valence-corrected chi connectivity index (χ3v) is 14.3. The van der Waals surface area contributed by atoms with Crippen LogP contribution in [0, 0.1) is 13.8 Å². The Hall–Kier alpha value is -5.53. The highest BCUT2D eigenvalue weighted by Crippen LogP contribution is 2.60. The highest BCUT2D eigenvalue weighted by atomic mass is 80.0. The van der Waals surface area contributed by atoms with Crippen molar-refractivity contribution in [3.05, 3.63) is 69.8 Å². The maximum atomic E-state index is 10.0. The Morgan fingerprint density at radius 2 is 0.430 bits per heavy atom. The summed E-state index contributed by atoms with van der Waals surface area (Å²) in [5.74, 6) is 8.77. The van der Waals surface area contributed by atoms with Gasteiger partial charge < -0.3 is 95.5 Å². The van der Waals surface area contributed by atoms with Crippen LogP contribution in [0.15, 0.2) is 36.4 Å². The van der Waals surface area contributed by atoms with Crippen molar-refractivity contribution in [3.8, 4) is 137 Å². The molecule has 0 amide bonds. The number of halogens is 5. The molecule has 6 aromatic carbocycles. The van der Waals surface area contributed by atoms with Crippen molar-refractivity contribution in [2.24, 2.45) is 0 Å². The molecule has 476 valence electrons. The van der Waals surface area contributed by atoms with Gasteiger partial charge in [-0.1, -0.05) is 31.9 Å². The van der Waals surface area contributed by atoms with E-state index in [9.17, 15) is 10.2 Å². The predicted molar refractivity (Wildman–Crippen MR) is 354 cm³/mol. The van der Waals surface area contributed by atoms with Crippen LogP contribution in [0.25, 0.3) is 33.4 Å². The third-order valence-electron chi connectivity index (χ3n) is 13.1. The Morgan fingerprint density at radius 3 is 0.593 bits per heavy atom. The van der Waals surface area contributed by atoms with Gasteiger partial charge in [0.1, 0.15) is 4.03 Å². The molecule has 0 saturated carbocycles. The zero-order valence-electron chi connectivity index (χ0n) is 51.9. The van der Waals surface area contributed by atoms with E-state index in [1.807, 2.05) is 38.1 Å². The molecule has 0 heterocycles. The molecule has 0 fully saturated rings. The number of aliphatic hydroxyl groups excluding tert-OH is 2. The molecule has 0 aromatic heterocycles. The summed E-state index contributed by atoms with van der Waals surface area (Å²) in [4.78, 5) is 0. The Kier molecular flexibility index (Phi) is 31.9. The number of benzene rings is 6. The number of hydrogen-bond donors (Lipinski definition) is 2. The molecule has 0 aliphatic heterocycles. The average Bonchev–Trinajstić information content (AvgIpc) is 0.856. The molecule has 0 unspecified atom stereocenters. The predicted octanol–water partition coefficient (Wildman–Crippen LogP) is 15.0. The number of aryl methyl sites for hydroxylation is 2. The number of methoxy groups -OCH3 is 18. The van der Waals surface area contributed by atoms with E-state index < -0.39 is 0 Å². The van der Waals surface area contributed by atoms with Crippen molar-refractivity contribution in [2.75, 3.05) is 128 Å². The molecule has 0 aliphatic carbocycles. The minimum Gasteiger partial charge on any atom is -0.493 e. The van der Waals surface area contributed by atoms with Crippen molar-refractivity contribution in [2.45, 2.75) is 37.7 Å². The van der Waals surface area contributed by atoms with Crippen molar-refractivity contribution in [1.82, 2.24) is 0 Å². The summed E-state index contributed by atoms with van der Waals surface area (Å²) >= 11 is 16.7. The van der Waals surface area contributed by atoms with Gasteiger partial charge in [-0.05, 0) is 130 Å². The number of rotatable bonds is 25. The lowest BCUT2D eigenvalue weighted by atomic mass is 9.92. The first-order valence-corrected chi connectivity index (χ1v) is 35.0. The average molecular weight is 1550 g/mol. The minimum atomic E-state index is -0.311. The van der Waals surface area contributed by atoms with Crippen LogP contribution in [0.4, 0.5) is 0 Å². The number of ether oxygens (including phenoxy) is 18. The van der Waals surface area contributed by atoms with Crippen molar-refractivity contribution < 1.29 is 95.5 Å². The molecule has 0 radical (unpaired) electrons. The monoisotopic (exact) mass is 1540 g/mol. The molecule has 2 N–H and O–H groups in total. The van der Waals surface area contributed by atoms with Gasteiger partial charge in [-0.25, -0.2) is 0 Å². The first-order valence-electron chi connectivity index (χ1n) is 25.3. The van der Waals surface area contributed by atoms with Gasteiger partial charge in [-0.2, -0.15) is 0 Å². The third kappa shape index (κ3) is 16.2. The van der Waals surface area contributed by atoms with E-state index in [-0.39, 0.29) is 17.2 Å². The summed E-state index contributed by atoms with van der Waals surface area (Å²) in [6.07, 6.45) is 0. The van der Waals surface area contributed by atoms with Crippen LogP contribution in [-0.2, 0) is 23.9 Å². The van der Waals surface area contributed by atoms with E-state index >= 15 is 0 Å². The quantitative estimate of drug-likeness (QED) is 0.0404. The second kappa shape index (κ2) is 36.7. The molecule has 6 aromatic rings. The Morgan fingerprint density at radius 1 is 0.267 bits per heavy atom. The number of hydrogen-bond acceptors (Lipinski definition) is 20. The molecular weight excluding hydrogens is 1470 g/mol. The SMILES string of the molecule is BrP(Br)Br.COc1cc(C)c(-c2c(C)cc(OC)c(OC)c2OC)c(OC)c1OC.COc1cc(CBr)c(-c2c(CBr)cc(OC)c(OC)c2OC)c(OC)c1OC.COc1cc(CO)c(-c2c(CO)cc(OC)c(OC)c2OC)c(OC)c1OC. The fourth-order valence-corrected chi connectivity index (χ4v) is 10.4. The van der Waals surface area contributed by atoms with Crippen LogP contribution >= 0.6 is 82.4 Å². The fourth-order valence-electron chi connectivity index (χ4n) is 9.56. The van der Waals surface area contributed by atoms with E-state index in [1.165, 1.54) is 42.7 Å². The van der Waals surface area contributed by atoms with Gasteiger partial charge in [-0.3, -0.25) is 0 Å². The van der Waals surface area contributed by atoms with Crippen molar-refractivity contribution >= 4 is 82.4 Å². The summed E-state index contributed by atoms with van der Waals surface area (Å²) in [6.45, 7) is 3.34. The van der Waals surface area contributed by atoms with Crippen molar-refractivity contribution in [3.63, 3.8) is 0 Å². The minimum absolute atomic E-state index is 0.183. The van der Waals surface area contributed by atoms with Gasteiger partial charge in [0.25, 0.3) is 0 Å². The van der Waals surface area contributed by atoms with Crippen LogP contribution in [-0.4, -0.2) is 138 Å². The molecular formula is C60H76Br5O20P. The first kappa shape index (κ1) is 74.7. The van der Waals surface area contributed by atoms with E-state index in [0.29, 0.717) is 136 Å². The molecule has 6 rings (SSSR count). The van der Waals surface area contributed by atoms with E-state index in [4.69, 9.17) is 85.3 Å². The fraction of sp³-hybridized carbons (Fsp3) is 0.400. The molecule has 0 aliphatic rings. The number of aliphatic hydroxyl groups is 2. The number of alkyl halides is 2. The summed E-state index contributed by atoms with van der Waals surface area (Å²) in [5, 5.41) is 21.2. The van der Waals surface area contributed by atoms with Crippen LogP contribution < -0.4 is 85.3 Å². The summed E-state index contributed by atoms with van der Waals surface area (Å²) < 4.78 is 99.8. The molecule has 20 nitrogen and oxygen atoms in total. The van der Waals surface area contributed by atoms with Gasteiger partial charge in [-0.15, -0.1) is 0 Å². The van der Waals surface area contributed by atoms with Gasteiger partial charge in [0.05, 0.1) is 141 Å². The first-order chi connectivity index (χ1) is 41.3. The highest BCUT2D eigenvalue weighted by molar-refractivity contribution is 9.93. The van der Waals surface area contributed by atoms with E-state index in [1.54, 1.807) is 97.5 Å². The highest BCUT2D eigenvalue weighted by Gasteiger charge is 2.32. The smallest absolute Gasteiger partial charge is 0.203 e. The Labute approximate surface area is 546 Å². The van der Waals surface area contributed by atoms with E-state index in [0.717, 1.165) is 44.5 Å². The van der Waals surface area contributed by atoms with Crippen LogP contribution in [0.2, 0.25) is 0 Å². The Bertz CT molecular complexity index is 2850. The summed E-state index contributed by atoms with van der Waals surface area (Å²) in [5.41, 5.74) is 9.11. The lowest BCUT2D eigenvalue weighted by Crippen LogP contribution is -2.06. The molecule has 0 bridgehead atoms. The van der Waals surface area contributed by atoms with E-state index in [2.05, 4.69) is 78.3 Å². The normalized spacial score (nSPS) is 10.3. The second-order valence-corrected chi connectivity index (χ2v) is 33.6. The largest absolute Gasteiger partial charge is 0.493 e. The van der Waals surface area contributed by atoms with Crippen LogP contribution in [0.5, 0.6) is 103 Å². The van der Waals surface area contributed by atoms with Gasteiger partial charge in [0.15, 0.2) is 69.0 Å². The summed E-state index contributed by atoms with van der Waals surface area (Å²) in [7, 11) is 28.0. The topological polar surface area (TPSA) is 207 Å². The Balaban J connectivity index is 0.000000327. The standard InChI is InChI=1S/C20H24Br2O6.C20H26O8.C20H26O6.Br3P/c2*1-23-13-7-11(9-21)15(19(27-5)17(13)25-3)16-12(10-22)8-14(24-2)18(26-4)20(16)28-6;1-11-9-13(21-3)17(23-5)19(25-7)15(11)16-12(2)10-14(22-4)18(24-6)20(16)26-8;1-4(2)3/h7-8H,9-10H2,1-6H3;7-8,21-22H,9-10H2,1-6H3;9-10H,1-8H3;. The van der Waals surface area contributed by atoms with Crippen molar-refractivity contribution in [1.29, 1.82) is 0 Å². The molecule has 86 heavy (non-hydrogen) atoms. The molecule has 0 atom stereocenters. The second-order valence-electron chi connectivity index (χ2n) is 17.2. The molecule has 0 saturated heterocycles. The summed E-state index contributed by atoms with van der Waals surface area (Å²) in [6, 6.07) is 10.9. The zero-order chi connectivity index (χ0) is 64.7. The van der Waals surface area contributed by atoms with Gasteiger partial charge >= 0.3 is 0 Å². The maximum absolute atomic E-state index is 10.0. The molecule has 0 spiro atoms. The zero-order valence-corrected chi connectivity index (χ0v) is 60.7. The van der Waals surface area contributed by atoms with Gasteiger partial charge in [0.2, 0.25) is 34.5 Å². The van der Waals surface area contributed by atoms with Crippen LogP contribution in [0.3, 0.4) is 0 Å².